The lowest BCUT2D eigenvalue weighted by atomic mass is 10.0. The van der Waals surface area contributed by atoms with Gasteiger partial charge in [0.1, 0.15) is 4.21 Å². The number of hydrogen-bond donors (Lipinski definition) is 0. The topological polar surface area (TPSA) is 62.6 Å². The fourth-order valence-electron chi connectivity index (χ4n) is 3.88. The van der Waals surface area contributed by atoms with Crippen LogP contribution in [0.5, 0.6) is 0 Å². The molecule has 0 aliphatic carbocycles. The number of thiophene rings is 1. The van der Waals surface area contributed by atoms with Gasteiger partial charge in [0.15, 0.2) is 0 Å². The number of halogens is 1. The van der Waals surface area contributed by atoms with Crippen LogP contribution in [0.2, 0.25) is 4.34 Å². The van der Waals surface area contributed by atoms with E-state index in [4.69, 9.17) is 11.6 Å². The van der Waals surface area contributed by atoms with Crippen LogP contribution >= 0.6 is 22.9 Å². The van der Waals surface area contributed by atoms with Gasteiger partial charge in [0.25, 0.3) is 10.0 Å². The van der Waals surface area contributed by atoms with Gasteiger partial charge in [-0.1, -0.05) is 29.8 Å². The Bertz CT molecular complexity index is 1240. The molecule has 1 saturated heterocycles. The first-order chi connectivity index (χ1) is 14.8. The zero-order valence-corrected chi connectivity index (χ0v) is 19.8. The zero-order chi connectivity index (χ0) is 22.2. The van der Waals surface area contributed by atoms with Gasteiger partial charge in [-0.2, -0.15) is 8.42 Å². The Kier molecular flexibility index (Phi) is 6.25. The molecule has 1 aromatic carbocycles. The summed E-state index contributed by atoms with van der Waals surface area (Å²) in [5.74, 6) is -0.0840. The molecule has 0 N–H and O–H groups in total. The van der Waals surface area contributed by atoms with Crippen LogP contribution in [0.4, 0.5) is 0 Å². The lowest BCUT2D eigenvalue weighted by molar-refractivity contribution is -0.127. The molecule has 3 heterocycles. The van der Waals surface area contributed by atoms with E-state index in [-0.39, 0.29) is 16.2 Å². The lowest BCUT2D eigenvalue weighted by Crippen LogP contribution is -2.43. The van der Waals surface area contributed by atoms with Gasteiger partial charge in [0.2, 0.25) is 5.91 Å². The van der Waals surface area contributed by atoms with Crippen LogP contribution in [0, 0.1) is 0 Å². The Morgan fingerprint density at radius 2 is 1.90 bits per heavy atom. The number of para-hydroxylation sites is 1. The van der Waals surface area contributed by atoms with Crippen molar-refractivity contribution in [2.45, 2.75) is 23.1 Å². The van der Waals surface area contributed by atoms with Crippen LogP contribution in [0.25, 0.3) is 17.0 Å². The lowest BCUT2D eigenvalue weighted by Gasteiger charge is -2.34. The first-order valence-electron chi connectivity index (χ1n) is 10.0. The summed E-state index contributed by atoms with van der Waals surface area (Å²) in [5.41, 5.74) is 1.23. The Morgan fingerprint density at radius 1 is 1.19 bits per heavy atom. The summed E-state index contributed by atoms with van der Waals surface area (Å²) in [6, 6.07) is 10.6. The number of hydrogen-bond acceptors (Lipinski definition) is 5. The Balaban J connectivity index is 1.64. The van der Waals surface area contributed by atoms with Crippen LogP contribution in [0.3, 0.4) is 0 Å². The van der Waals surface area contributed by atoms with Gasteiger partial charge in [0.05, 0.1) is 9.85 Å². The largest absolute Gasteiger partial charge is 0.339 e. The number of likely N-dealkylation sites (N-methyl/N-ethyl adjacent to an activating group) is 1. The van der Waals surface area contributed by atoms with Gasteiger partial charge in [-0.3, -0.25) is 4.79 Å². The summed E-state index contributed by atoms with van der Waals surface area (Å²) >= 11 is 6.97. The molecule has 1 aliphatic heterocycles. The molecule has 2 aromatic heterocycles. The molecule has 0 radical (unpaired) electrons. The van der Waals surface area contributed by atoms with Crippen LogP contribution in [-0.4, -0.2) is 61.3 Å². The van der Waals surface area contributed by atoms with Crippen molar-refractivity contribution in [2.75, 3.05) is 27.2 Å². The minimum atomic E-state index is -3.78. The van der Waals surface area contributed by atoms with E-state index >= 15 is 0 Å². The van der Waals surface area contributed by atoms with E-state index in [2.05, 4.69) is 11.9 Å². The van der Waals surface area contributed by atoms with E-state index in [1.165, 1.54) is 16.1 Å². The van der Waals surface area contributed by atoms with E-state index in [9.17, 15) is 13.2 Å². The number of nitrogens with zero attached hydrogens (tertiary/aromatic N) is 3. The Hall–Kier alpha value is -2.13. The number of benzene rings is 1. The molecular weight excluding hydrogens is 454 g/mol. The number of piperidine rings is 1. The molecule has 6 nitrogen and oxygen atoms in total. The third kappa shape index (κ3) is 4.43. The Morgan fingerprint density at radius 3 is 2.58 bits per heavy atom. The first-order valence-corrected chi connectivity index (χ1v) is 12.7. The maximum absolute atomic E-state index is 13.2. The van der Waals surface area contributed by atoms with E-state index in [0.29, 0.717) is 15.4 Å². The van der Waals surface area contributed by atoms with Crippen LogP contribution < -0.4 is 0 Å². The standard InChI is InChI=1S/C22H24ClN3O3S2/c1-24-13-11-17(12-14-24)25(2)21(27)9-7-16-15-26(19-6-4-3-5-18(16)19)31(28,29)22-10-8-20(23)30-22/h3-10,15,17H,11-14H2,1-2H3/b9-7+. The number of fused-ring (bicyclic) bond motifs is 1. The summed E-state index contributed by atoms with van der Waals surface area (Å²) in [6.45, 7) is 1.95. The normalized spacial score (nSPS) is 16.4. The molecule has 3 aromatic rings. The third-order valence-corrected chi connectivity index (χ3v) is 9.13. The van der Waals surface area contributed by atoms with Crippen molar-refractivity contribution in [1.29, 1.82) is 0 Å². The maximum atomic E-state index is 13.2. The second-order valence-corrected chi connectivity index (χ2v) is 11.5. The predicted molar refractivity (Wildman–Crippen MR) is 126 cm³/mol. The number of likely N-dealkylation sites (tertiary alicyclic amines) is 1. The summed E-state index contributed by atoms with van der Waals surface area (Å²) in [5, 5.41) is 0.764. The van der Waals surface area contributed by atoms with Gasteiger partial charge in [0, 0.05) is 36.3 Å². The molecule has 0 unspecified atom stereocenters. The second kappa shape index (κ2) is 8.78. The molecule has 9 heteroatoms. The monoisotopic (exact) mass is 477 g/mol. The highest BCUT2D eigenvalue weighted by Gasteiger charge is 2.24. The molecule has 0 atom stereocenters. The van der Waals surface area contributed by atoms with Gasteiger partial charge in [-0.05, 0) is 57.3 Å². The van der Waals surface area contributed by atoms with E-state index in [0.717, 1.165) is 42.7 Å². The van der Waals surface area contributed by atoms with Crippen molar-refractivity contribution in [3.8, 4) is 0 Å². The van der Waals surface area contributed by atoms with Crippen LogP contribution in [0.1, 0.15) is 18.4 Å². The van der Waals surface area contributed by atoms with E-state index in [1.54, 1.807) is 35.4 Å². The molecule has 1 amide bonds. The highest BCUT2D eigenvalue weighted by Crippen LogP contribution is 2.31. The predicted octanol–water partition coefficient (Wildman–Crippen LogP) is 4.16. The van der Waals surface area contributed by atoms with Gasteiger partial charge < -0.3 is 9.80 Å². The van der Waals surface area contributed by atoms with E-state index in [1.807, 2.05) is 19.2 Å². The fourth-order valence-corrected chi connectivity index (χ4v) is 6.83. The molecule has 0 spiro atoms. The summed E-state index contributed by atoms with van der Waals surface area (Å²) in [4.78, 5) is 16.8. The fraction of sp³-hybridized carbons (Fsp3) is 0.318. The highest BCUT2D eigenvalue weighted by molar-refractivity contribution is 7.92. The van der Waals surface area contributed by atoms with Crippen molar-refractivity contribution in [3.05, 3.63) is 58.6 Å². The average Bonchev–Trinajstić information content (AvgIpc) is 3.37. The number of carbonyl (C=O) groups excluding carboxylic acids is 1. The van der Waals surface area contributed by atoms with Gasteiger partial charge >= 0.3 is 0 Å². The average molecular weight is 478 g/mol. The molecule has 1 fully saturated rings. The minimum Gasteiger partial charge on any atom is -0.339 e. The van der Waals surface area contributed by atoms with Crippen molar-refractivity contribution < 1.29 is 13.2 Å². The Labute approximate surface area is 191 Å². The van der Waals surface area contributed by atoms with Crippen molar-refractivity contribution in [3.63, 3.8) is 0 Å². The van der Waals surface area contributed by atoms with Crippen molar-refractivity contribution >= 4 is 55.8 Å². The molecule has 0 bridgehead atoms. The first kappa shape index (κ1) is 22.1. The van der Waals surface area contributed by atoms with E-state index < -0.39 is 10.0 Å². The SMILES string of the molecule is CN1CCC(N(C)C(=O)/C=C/c2cn(S(=O)(=O)c3ccc(Cl)s3)c3ccccc23)CC1. The molecule has 4 rings (SSSR count). The van der Waals surface area contributed by atoms with Gasteiger partial charge in [-0.25, -0.2) is 3.97 Å². The smallest absolute Gasteiger partial charge is 0.277 e. The zero-order valence-electron chi connectivity index (χ0n) is 17.4. The molecule has 164 valence electrons. The number of amides is 1. The number of carbonyl (C=O) groups is 1. The maximum Gasteiger partial charge on any atom is 0.277 e. The summed E-state index contributed by atoms with van der Waals surface area (Å²) in [6.07, 6.45) is 6.69. The number of rotatable bonds is 5. The van der Waals surface area contributed by atoms with Crippen molar-refractivity contribution in [2.24, 2.45) is 0 Å². The highest BCUT2D eigenvalue weighted by atomic mass is 35.5. The van der Waals surface area contributed by atoms with Gasteiger partial charge in [-0.15, -0.1) is 11.3 Å². The minimum absolute atomic E-state index is 0.0840. The number of aromatic nitrogens is 1. The van der Waals surface area contributed by atoms with Crippen LogP contribution in [0.15, 0.2) is 52.9 Å². The summed E-state index contributed by atoms with van der Waals surface area (Å²) < 4.78 is 28.2. The van der Waals surface area contributed by atoms with Crippen molar-refractivity contribution in [1.82, 2.24) is 13.8 Å². The third-order valence-electron chi connectivity index (χ3n) is 5.76. The van der Waals surface area contributed by atoms with Crippen LogP contribution in [-0.2, 0) is 14.8 Å². The molecular formula is C22H24ClN3O3S2. The summed E-state index contributed by atoms with van der Waals surface area (Å²) in [7, 11) is 0.135. The molecule has 0 saturated carbocycles. The molecule has 31 heavy (non-hydrogen) atoms. The second-order valence-electron chi connectivity index (χ2n) is 7.78. The molecule has 1 aliphatic rings. The quantitative estimate of drug-likeness (QED) is 0.518.